The number of benzene rings is 2. The van der Waals surface area contributed by atoms with Gasteiger partial charge in [0.25, 0.3) is 0 Å². The van der Waals surface area contributed by atoms with Crippen LogP contribution in [-0.4, -0.2) is 22.8 Å². The summed E-state index contributed by atoms with van der Waals surface area (Å²) >= 11 is 1.25. The van der Waals surface area contributed by atoms with E-state index in [1.165, 1.54) is 18.7 Å². The van der Waals surface area contributed by atoms with Gasteiger partial charge in [0.2, 0.25) is 5.91 Å². The van der Waals surface area contributed by atoms with Gasteiger partial charge in [-0.25, -0.2) is 0 Å². The Bertz CT molecular complexity index is 930. The average molecular weight is 325 g/mol. The Balaban J connectivity index is 1.70. The topological polar surface area (TPSA) is 50.5 Å². The number of carbonyl (C=O) groups is 2. The highest BCUT2D eigenvalue weighted by atomic mass is 32.2. The van der Waals surface area contributed by atoms with E-state index in [0.29, 0.717) is 13.0 Å². The molecule has 1 atom stereocenters. The van der Waals surface area contributed by atoms with Crippen LogP contribution in [0, 0.1) is 0 Å². The molecular formula is C18H15NO3S. The highest BCUT2D eigenvalue weighted by molar-refractivity contribution is 8.14. The highest BCUT2D eigenvalue weighted by Crippen LogP contribution is 2.34. The predicted molar refractivity (Wildman–Crippen MR) is 92.8 cm³/mol. The lowest BCUT2D eigenvalue weighted by Gasteiger charge is -2.16. The molecule has 0 radical (unpaired) electrons. The van der Waals surface area contributed by atoms with Gasteiger partial charge in [-0.05, 0) is 18.2 Å². The Morgan fingerprint density at radius 1 is 1.17 bits per heavy atom. The van der Waals surface area contributed by atoms with Gasteiger partial charge in [0, 0.05) is 47.7 Å². The summed E-state index contributed by atoms with van der Waals surface area (Å²) in [6.07, 6.45) is 0.405. The van der Waals surface area contributed by atoms with Gasteiger partial charge >= 0.3 is 0 Å². The number of thioether (sulfide) groups is 1. The van der Waals surface area contributed by atoms with Gasteiger partial charge in [-0.15, -0.1) is 0 Å². The molecule has 116 valence electrons. The number of amides is 1. The SMILES string of the molecule is CC(=O)SC1CC(=O)N(c2ccc3c(c2)oc2ccccc23)C1. The molecule has 0 bridgehead atoms. The molecule has 2 aromatic carbocycles. The fraction of sp³-hybridized carbons (Fsp3) is 0.222. The van der Waals surface area contributed by atoms with Crippen molar-refractivity contribution in [2.75, 3.05) is 11.4 Å². The van der Waals surface area contributed by atoms with Crippen molar-refractivity contribution in [3.8, 4) is 0 Å². The van der Waals surface area contributed by atoms with E-state index >= 15 is 0 Å². The zero-order chi connectivity index (χ0) is 16.0. The number of anilines is 1. The molecule has 4 nitrogen and oxygen atoms in total. The predicted octanol–water partition coefficient (Wildman–Crippen LogP) is 3.97. The summed E-state index contributed by atoms with van der Waals surface area (Å²) in [5, 5.41) is 2.21. The first kappa shape index (κ1) is 14.3. The van der Waals surface area contributed by atoms with Crippen LogP contribution in [0.5, 0.6) is 0 Å². The van der Waals surface area contributed by atoms with Crippen LogP contribution in [0.3, 0.4) is 0 Å². The van der Waals surface area contributed by atoms with Crippen LogP contribution in [0.2, 0.25) is 0 Å². The summed E-state index contributed by atoms with van der Waals surface area (Å²) in [7, 11) is 0. The van der Waals surface area contributed by atoms with Gasteiger partial charge in [-0.3, -0.25) is 9.59 Å². The van der Waals surface area contributed by atoms with E-state index < -0.39 is 0 Å². The molecule has 1 aromatic heterocycles. The highest BCUT2D eigenvalue weighted by Gasteiger charge is 2.32. The minimum Gasteiger partial charge on any atom is -0.456 e. The molecule has 1 amide bonds. The van der Waals surface area contributed by atoms with Crippen molar-refractivity contribution in [2.24, 2.45) is 0 Å². The van der Waals surface area contributed by atoms with E-state index in [9.17, 15) is 9.59 Å². The Morgan fingerprint density at radius 2 is 1.96 bits per heavy atom. The van der Waals surface area contributed by atoms with Gasteiger partial charge in [-0.1, -0.05) is 30.0 Å². The number of hydrogen-bond acceptors (Lipinski definition) is 4. The largest absolute Gasteiger partial charge is 0.456 e. The second kappa shape index (κ2) is 5.42. The molecular weight excluding hydrogens is 310 g/mol. The fourth-order valence-electron chi connectivity index (χ4n) is 3.12. The van der Waals surface area contributed by atoms with Crippen molar-refractivity contribution in [1.29, 1.82) is 0 Å². The van der Waals surface area contributed by atoms with E-state index in [4.69, 9.17) is 4.42 Å². The lowest BCUT2D eigenvalue weighted by Crippen LogP contribution is -2.24. The summed E-state index contributed by atoms with van der Waals surface area (Å²) in [5.41, 5.74) is 2.45. The first-order chi connectivity index (χ1) is 11.1. The van der Waals surface area contributed by atoms with Gasteiger partial charge in [0.05, 0.1) is 0 Å². The standard InChI is InChI=1S/C18H15NO3S/c1-11(20)23-13-9-18(21)19(10-13)12-6-7-15-14-4-2-3-5-16(14)22-17(15)8-12/h2-8,13H,9-10H2,1H3. The quantitative estimate of drug-likeness (QED) is 0.715. The van der Waals surface area contributed by atoms with Crippen LogP contribution in [-0.2, 0) is 9.59 Å². The maximum Gasteiger partial charge on any atom is 0.228 e. The molecule has 1 aliphatic rings. The van der Waals surface area contributed by atoms with Crippen LogP contribution in [0.25, 0.3) is 21.9 Å². The second-order valence-electron chi connectivity index (χ2n) is 5.72. The number of hydrogen-bond donors (Lipinski definition) is 0. The average Bonchev–Trinajstić information content (AvgIpc) is 3.06. The molecule has 0 spiro atoms. The Morgan fingerprint density at radius 3 is 2.78 bits per heavy atom. The van der Waals surface area contributed by atoms with Crippen LogP contribution in [0.1, 0.15) is 13.3 Å². The molecule has 5 heteroatoms. The summed E-state index contributed by atoms with van der Waals surface area (Å²) in [5.74, 6) is 0.0548. The Hall–Kier alpha value is -2.27. The van der Waals surface area contributed by atoms with Gasteiger partial charge in [-0.2, -0.15) is 0 Å². The lowest BCUT2D eigenvalue weighted by molar-refractivity contribution is -0.117. The smallest absolute Gasteiger partial charge is 0.228 e. The number of fused-ring (bicyclic) bond motifs is 3. The van der Waals surface area contributed by atoms with E-state index in [1.807, 2.05) is 42.5 Å². The molecule has 23 heavy (non-hydrogen) atoms. The first-order valence-electron chi connectivity index (χ1n) is 7.51. The van der Waals surface area contributed by atoms with Crippen molar-refractivity contribution in [3.63, 3.8) is 0 Å². The fourth-order valence-corrected chi connectivity index (χ4v) is 4.04. The minimum absolute atomic E-state index is 0.0337. The number of nitrogens with zero attached hydrogens (tertiary/aromatic N) is 1. The third-order valence-electron chi connectivity index (χ3n) is 4.10. The van der Waals surface area contributed by atoms with E-state index in [0.717, 1.165) is 27.6 Å². The maximum atomic E-state index is 12.2. The lowest BCUT2D eigenvalue weighted by atomic mass is 10.1. The molecule has 1 unspecified atom stereocenters. The molecule has 3 aromatic rings. The molecule has 1 aliphatic heterocycles. The Kier molecular flexibility index (Phi) is 3.38. The summed E-state index contributed by atoms with van der Waals surface area (Å²) < 4.78 is 5.88. The number of carbonyl (C=O) groups excluding carboxylic acids is 2. The third kappa shape index (κ3) is 2.51. The number of furan rings is 1. The maximum absolute atomic E-state index is 12.2. The van der Waals surface area contributed by atoms with Gasteiger partial charge in [0.15, 0.2) is 5.12 Å². The van der Waals surface area contributed by atoms with Crippen molar-refractivity contribution >= 4 is 50.4 Å². The van der Waals surface area contributed by atoms with Crippen LogP contribution in [0.4, 0.5) is 5.69 Å². The number of rotatable bonds is 2. The minimum atomic E-state index is 0.0337. The van der Waals surface area contributed by atoms with E-state index in [2.05, 4.69) is 0 Å². The zero-order valence-electron chi connectivity index (χ0n) is 12.6. The molecule has 4 rings (SSSR count). The van der Waals surface area contributed by atoms with E-state index in [-0.39, 0.29) is 16.3 Å². The monoisotopic (exact) mass is 325 g/mol. The van der Waals surface area contributed by atoms with Gasteiger partial charge < -0.3 is 9.32 Å². The van der Waals surface area contributed by atoms with Crippen molar-refractivity contribution < 1.29 is 14.0 Å². The Labute approximate surface area is 137 Å². The van der Waals surface area contributed by atoms with Crippen LogP contribution in [0.15, 0.2) is 46.9 Å². The third-order valence-corrected chi connectivity index (χ3v) is 5.08. The normalized spacial score (nSPS) is 18.2. The first-order valence-corrected chi connectivity index (χ1v) is 8.38. The van der Waals surface area contributed by atoms with E-state index in [1.54, 1.807) is 4.90 Å². The number of para-hydroxylation sites is 1. The van der Waals surface area contributed by atoms with Crippen molar-refractivity contribution in [2.45, 2.75) is 18.6 Å². The molecule has 0 saturated carbocycles. The van der Waals surface area contributed by atoms with Gasteiger partial charge in [0.1, 0.15) is 11.2 Å². The summed E-state index contributed by atoms with van der Waals surface area (Å²) in [6, 6.07) is 13.8. The van der Waals surface area contributed by atoms with Crippen LogP contribution < -0.4 is 4.90 Å². The van der Waals surface area contributed by atoms with Crippen molar-refractivity contribution in [3.05, 3.63) is 42.5 Å². The molecule has 0 aliphatic carbocycles. The summed E-state index contributed by atoms with van der Waals surface area (Å²) in [6.45, 7) is 2.10. The molecule has 2 heterocycles. The van der Waals surface area contributed by atoms with Crippen LogP contribution >= 0.6 is 11.8 Å². The molecule has 0 N–H and O–H groups in total. The summed E-state index contributed by atoms with van der Waals surface area (Å²) in [4.78, 5) is 25.2. The van der Waals surface area contributed by atoms with Crippen molar-refractivity contribution in [1.82, 2.24) is 0 Å². The molecule has 1 fully saturated rings. The second-order valence-corrected chi connectivity index (χ2v) is 7.20. The molecule has 1 saturated heterocycles. The zero-order valence-corrected chi connectivity index (χ0v) is 13.4.